The van der Waals surface area contributed by atoms with Crippen molar-refractivity contribution in [3.05, 3.63) is 18.2 Å². The first kappa shape index (κ1) is 85.7. The number of imidazole rings is 1. The van der Waals surface area contributed by atoms with Gasteiger partial charge in [0.2, 0.25) is 35.4 Å². The van der Waals surface area contributed by atoms with Crippen molar-refractivity contribution in [2.45, 2.75) is 230 Å². The fourth-order valence-corrected chi connectivity index (χ4v) is 9.63. The van der Waals surface area contributed by atoms with Crippen LogP contribution in [0, 0.1) is 5.92 Å². The predicted molar refractivity (Wildman–Crippen MR) is 345 cm³/mol. The van der Waals surface area contributed by atoms with Crippen molar-refractivity contribution in [1.29, 1.82) is 0 Å². The van der Waals surface area contributed by atoms with Gasteiger partial charge in [0.1, 0.15) is 31.1 Å². The van der Waals surface area contributed by atoms with Crippen LogP contribution in [-0.2, 0) is 87.7 Å². The Hall–Kier alpha value is -7.32. The summed E-state index contributed by atoms with van der Waals surface area (Å²) in [4.78, 5) is 165. The van der Waals surface area contributed by atoms with Crippen molar-refractivity contribution >= 4 is 76.7 Å². The van der Waals surface area contributed by atoms with E-state index in [-0.39, 0.29) is 148 Å². The molecule has 0 aliphatic rings. The van der Waals surface area contributed by atoms with E-state index in [0.29, 0.717) is 31.4 Å². The number of Topliss-reactive ketones (excluding diaryl/α,β-unsaturated/α-hetero) is 3. The van der Waals surface area contributed by atoms with Gasteiger partial charge in [-0.25, -0.2) is 14.6 Å². The molecule has 95 heavy (non-hydrogen) atoms. The summed E-state index contributed by atoms with van der Waals surface area (Å²) in [6.45, 7) is 3.01. The third kappa shape index (κ3) is 46.4. The van der Waals surface area contributed by atoms with E-state index in [1.165, 1.54) is 58.5 Å². The van der Waals surface area contributed by atoms with Crippen molar-refractivity contribution in [2.24, 2.45) is 17.4 Å². The first-order valence-electron chi connectivity index (χ1n) is 33.3. The predicted octanol–water partition coefficient (Wildman–Crippen LogP) is 2.47. The number of carboxylic acids is 4. The number of aliphatic carboxylic acids is 4. The Morgan fingerprint density at radius 1 is 0.516 bits per heavy atom. The molecule has 0 saturated heterocycles. The number of aromatic nitrogens is 2. The van der Waals surface area contributed by atoms with E-state index in [2.05, 4.69) is 41.9 Å². The lowest BCUT2D eigenvalue weighted by Gasteiger charge is -2.27. The van der Waals surface area contributed by atoms with Crippen LogP contribution in [0.4, 0.5) is 0 Å². The molecule has 5 atom stereocenters. The second kappa shape index (κ2) is 52.9. The molecule has 0 spiro atoms. The van der Waals surface area contributed by atoms with Crippen LogP contribution in [0.1, 0.15) is 199 Å². The number of rotatable bonds is 64. The molecule has 15 N–H and O–H groups in total. The average molecular weight is 1350 g/mol. The highest BCUT2D eigenvalue weighted by molar-refractivity contribution is 5.95. The van der Waals surface area contributed by atoms with Crippen LogP contribution >= 0.6 is 0 Å². The van der Waals surface area contributed by atoms with Gasteiger partial charge in [-0.3, -0.25) is 58.1 Å². The Morgan fingerprint density at radius 2 is 1.04 bits per heavy atom. The minimum absolute atomic E-state index is 0.0351. The Labute approximate surface area is 556 Å². The molecular weight excluding hydrogens is 1240 g/mol. The highest BCUT2D eigenvalue weighted by Gasteiger charge is 2.32. The van der Waals surface area contributed by atoms with Crippen LogP contribution in [0.3, 0.4) is 0 Å². The van der Waals surface area contributed by atoms with E-state index in [0.717, 1.165) is 51.4 Å². The summed E-state index contributed by atoms with van der Waals surface area (Å²) >= 11 is 0. The maximum atomic E-state index is 13.0. The number of carbonyl (C=O) groups excluding carboxylic acids is 9. The summed E-state index contributed by atoms with van der Waals surface area (Å²) in [5.74, 6) is -10.4. The minimum Gasteiger partial charge on any atom is -0.481 e. The molecule has 1 rings (SSSR count). The minimum atomic E-state index is -1.48. The molecule has 0 aliphatic carbocycles. The smallest absolute Gasteiger partial charge is 0.326 e. The third-order valence-corrected chi connectivity index (χ3v) is 15.3. The van der Waals surface area contributed by atoms with E-state index >= 15 is 0 Å². The number of nitrogens with one attached hydrogen (secondary N) is 7. The Morgan fingerprint density at radius 3 is 1.60 bits per heavy atom. The van der Waals surface area contributed by atoms with E-state index in [1.54, 1.807) is 0 Å². The molecule has 0 unspecified atom stereocenters. The van der Waals surface area contributed by atoms with Crippen LogP contribution in [-0.4, -0.2) is 209 Å². The number of unbranched alkanes of at least 4 members (excludes halogenated alkanes) is 14. The molecule has 0 saturated carbocycles. The van der Waals surface area contributed by atoms with E-state index in [9.17, 15) is 77.6 Å². The van der Waals surface area contributed by atoms with Crippen molar-refractivity contribution in [2.75, 3.05) is 72.5 Å². The Bertz CT molecular complexity index is 2470. The van der Waals surface area contributed by atoms with Gasteiger partial charge >= 0.3 is 23.9 Å². The molecule has 6 amide bonds. The van der Waals surface area contributed by atoms with Crippen LogP contribution in [0.15, 0.2) is 12.5 Å². The van der Waals surface area contributed by atoms with Crippen LogP contribution in [0.2, 0.25) is 0 Å². The zero-order chi connectivity index (χ0) is 70.7. The molecule has 540 valence electrons. The van der Waals surface area contributed by atoms with Gasteiger partial charge in [0.25, 0.3) is 0 Å². The first-order valence-corrected chi connectivity index (χ1v) is 33.3. The maximum absolute atomic E-state index is 13.0. The lowest BCUT2D eigenvalue weighted by molar-refractivity contribution is -0.145. The Balaban J connectivity index is 2.13. The normalized spacial score (nSPS) is 12.9. The summed E-state index contributed by atoms with van der Waals surface area (Å²) < 4.78 is 21.4. The van der Waals surface area contributed by atoms with Gasteiger partial charge in [0.15, 0.2) is 11.6 Å². The second-order valence-electron chi connectivity index (χ2n) is 24.1. The van der Waals surface area contributed by atoms with Crippen LogP contribution in [0.5, 0.6) is 0 Å². The van der Waals surface area contributed by atoms with Crippen molar-refractivity contribution in [3.63, 3.8) is 0 Å². The van der Waals surface area contributed by atoms with Gasteiger partial charge in [-0.05, 0) is 71.6 Å². The van der Waals surface area contributed by atoms with Gasteiger partial charge < -0.3 is 82.4 Å². The molecule has 0 radical (unpaired) electrons. The molecule has 31 heteroatoms. The third-order valence-electron chi connectivity index (χ3n) is 15.3. The molecule has 31 nitrogen and oxygen atoms in total. The molecule has 0 aliphatic heterocycles. The number of carboxylic acid groups (broad SMARTS) is 4. The monoisotopic (exact) mass is 1350 g/mol. The summed E-state index contributed by atoms with van der Waals surface area (Å²) in [7, 11) is 0. The average Bonchev–Trinajstić information content (AvgIpc) is 1.73. The highest BCUT2D eigenvalue weighted by atomic mass is 16.5. The number of amides is 6. The molecule has 0 aromatic carbocycles. The topological polar surface area (TPSA) is 493 Å². The fourth-order valence-electron chi connectivity index (χ4n) is 9.63. The highest BCUT2D eigenvalue weighted by Crippen LogP contribution is 2.17. The van der Waals surface area contributed by atoms with Crippen molar-refractivity contribution in [1.82, 2.24) is 41.9 Å². The number of nitrogens with two attached hydrogens (primary N) is 2. The van der Waals surface area contributed by atoms with E-state index in [1.807, 2.05) is 0 Å². The van der Waals surface area contributed by atoms with Crippen molar-refractivity contribution in [3.8, 4) is 0 Å². The molecule has 1 aromatic heterocycles. The molecule has 0 bridgehead atoms. The van der Waals surface area contributed by atoms with Crippen LogP contribution in [0.25, 0.3) is 0 Å². The first-order chi connectivity index (χ1) is 45.3. The number of primary amides is 1. The largest absolute Gasteiger partial charge is 0.481 e. The van der Waals surface area contributed by atoms with E-state index < -0.39 is 114 Å². The number of ketones is 3. The van der Waals surface area contributed by atoms with Crippen LogP contribution < -0.4 is 43.4 Å². The van der Waals surface area contributed by atoms with Gasteiger partial charge in [-0.1, -0.05) is 77.0 Å². The molecule has 1 heterocycles. The number of H-pyrrole nitrogens is 1. The second-order valence-corrected chi connectivity index (χ2v) is 24.1. The fraction of sp³-hybridized carbons (Fsp3) is 0.750. The van der Waals surface area contributed by atoms with Gasteiger partial charge in [-0.2, -0.15) is 0 Å². The number of nitrogens with zero attached hydrogens (tertiary/aromatic N) is 1. The number of carbonyl (C=O) groups is 13. The molecule has 0 fully saturated rings. The summed E-state index contributed by atoms with van der Waals surface area (Å²) in [5.41, 5.74) is 10.8. The number of aromatic amines is 1. The Kier molecular flexibility index (Phi) is 47.7. The van der Waals surface area contributed by atoms with Gasteiger partial charge in [0.05, 0.1) is 69.4 Å². The van der Waals surface area contributed by atoms with Gasteiger partial charge in [0, 0.05) is 83.0 Å². The zero-order valence-corrected chi connectivity index (χ0v) is 55.7. The SMILES string of the molecule is CC(C)(NC(=O)[C@@H](N)Cc1cnc[nH]1)C(=O)CN[C@@H](CCCCNC(=O)CC[C@H](CC(=O)CC[C@H](NC(=O)COCCOCCCC(=O)COCCOCCNC(=O)CC[C@H](NC(=O)CCCCCCCCCCCCCCCCC(=O)O)C(=O)O)C(=O)O)C(=O)O)C(N)=O. The summed E-state index contributed by atoms with van der Waals surface area (Å²) in [6, 6.07) is -4.51. The number of hydrogen-bond acceptors (Lipinski definition) is 20. The lowest BCUT2D eigenvalue weighted by Crippen LogP contribution is -2.57. The zero-order valence-electron chi connectivity index (χ0n) is 55.7. The van der Waals surface area contributed by atoms with E-state index in [4.69, 9.17) is 35.5 Å². The molecular formula is C64H108N10O21. The number of hydrogen-bond donors (Lipinski definition) is 13. The summed E-state index contributed by atoms with van der Waals surface area (Å²) in [5, 5.41) is 53.1. The molecule has 1 aromatic rings. The quantitative estimate of drug-likeness (QED) is 0.0417. The number of ether oxygens (including phenoxy) is 4. The van der Waals surface area contributed by atoms with Crippen molar-refractivity contribution < 1.29 is 102 Å². The summed E-state index contributed by atoms with van der Waals surface area (Å²) in [6.07, 6.45) is 18.1. The maximum Gasteiger partial charge on any atom is 0.326 e. The standard InChI is InChI=1S/C64H108N10O21/c1-64(2,74-60(85)49(65)39-46-40-67-44-71-46)53(77)41-70-50(59(66)84)21-17-18-30-68-54(78)28-24-45(61(86)87)38-47(75)25-26-51(62(88)89)73-57(81)43-95-37-34-92-32-19-20-48(76)42-94-36-35-93-33-31-69-55(79)29-27-52(63(90)91)72-56(80)22-15-13-11-9-7-5-3-4-6-8-10-12-14-16-23-58(82)83/h40,44-45,49-52,70H,3-39,41-43,65H2,1-2H3,(H2,66,84)(H,67,71)(H,68,78)(H,69,79)(H,72,80)(H,73,81)(H,74,85)(H,82,83)(H,86,87)(H,88,89)(H,90,91)/t45-,49+,50+,51+,52+/m1/s1. The lowest BCUT2D eigenvalue weighted by atomic mass is 9.94. The van der Waals surface area contributed by atoms with Gasteiger partial charge in [-0.15, -0.1) is 0 Å².